The normalized spacial score (nSPS) is 17.8. The van der Waals surface area contributed by atoms with E-state index >= 15 is 0 Å². The fourth-order valence-corrected chi connectivity index (χ4v) is 2.81. The Balaban J connectivity index is 1.78. The number of nitrogens with one attached hydrogen (secondary N) is 1. The fraction of sp³-hybridized carbons (Fsp3) is 0.500. The monoisotopic (exact) mass is 370 g/mol. The first kappa shape index (κ1) is 16.9. The Morgan fingerprint density at radius 1 is 1.36 bits per heavy atom. The lowest BCUT2D eigenvalue weighted by molar-refractivity contribution is -0.128. The lowest BCUT2D eigenvalue weighted by Crippen LogP contribution is -2.31. The Hall–Kier alpha value is -1.43. The highest BCUT2D eigenvalue weighted by molar-refractivity contribution is 9.09. The molecule has 22 heavy (non-hydrogen) atoms. The number of rotatable bonds is 7. The molecule has 2 rings (SSSR count). The first-order valence-electron chi connectivity index (χ1n) is 7.43. The molecular weight excluding hydrogens is 351 g/mol. The van der Waals surface area contributed by atoms with E-state index in [2.05, 4.69) is 21.2 Å². The number of hydrogen-bond donors (Lipinski definition) is 1. The van der Waals surface area contributed by atoms with Crippen molar-refractivity contribution in [3.63, 3.8) is 0 Å². The van der Waals surface area contributed by atoms with Gasteiger partial charge in [0, 0.05) is 43.7 Å². The van der Waals surface area contributed by atoms with Gasteiger partial charge in [-0.15, -0.1) is 0 Å². The summed E-state index contributed by atoms with van der Waals surface area (Å²) in [5, 5.41) is 3.70. The number of carbonyl (C=O) groups excluding carboxylic acids is 2. The van der Waals surface area contributed by atoms with Crippen LogP contribution in [0.2, 0.25) is 0 Å². The lowest BCUT2D eigenvalue weighted by atomic mass is 10.1. The van der Waals surface area contributed by atoms with Crippen LogP contribution < -0.4 is 5.32 Å². The van der Waals surface area contributed by atoms with E-state index in [-0.39, 0.29) is 23.5 Å². The summed E-state index contributed by atoms with van der Waals surface area (Å²) < 4.78 is 12.9. The van der Waals surface area contributed by atoms with E-state index in [1.165, 1.54) is 12.1 Å². The van der Waals surface area contributed by atoms with Crippen molar-refractivity contribution >= 4 is 27.7 Å². The van der Waals surface area contributed by atoms with Gasteiger partial charge in [0.25, 0.3) is 0 Å². The average molecular weight is 371 g/mol. The molecule has 0 aromatic heterocycles. The van der Waals surface area contributed by atoms with Crippen LogP contribution in [0.15, 0.2) is 24.3 Å². The van der Waals surface area contributed by atoms with Crippen LogP contribution in [0, 0.1) is 11.7 Å². The Bertz CT molecular complexity index is 521. The molecule has 1 aromatic rings. The molecule has 1 fully saturated rings. The van der Waals surface area contributed by atoms with Crippen molar-refractivity contribution in [2.75, 3.05) is 18.4 Å². The van der Waals surface area contributed by atoms with Gasteiger partial charge in [-0.05, 0) is 24.1 Å². The van der Waals surface area contributed by atoms with Gasteiger partial charge in [0.2, 0.25) is 11.8 Å². The molecule has 1 aromatic carbocycles. The molecule has 1 aliphatic rings. The van der Waals surface area contributed by atoms with Gasteiger partial charge in [-0.2, -0.15) is 0 Å². The third-order valence-corrected chi connectivity index (χ3v) is 4.27. The molecule has 1 atom stereocenters. The van der Waals surface area contributed by atoms with Crippen molar-refractivity contribution in [3.05, 3.63) is 35.6 Å². The molecule has 0 saturated carbocycles. The summed E-state index contributed by atoms with van der Waals surface area (Å²) in [5.41, 5.74) is 0.914. The maximum absolute atomic E-state index is 12.9. The Labute approximate surface area is 138 Å². The third kappa shape index (κ3) is 5.09. The van der Waals surface area contributed by atoms with Crippen molar-refractivity contribution in [1.82, 2.24) is 10.2 Å². The molecule has 0 bridgehead atoms. The van der Waals surface area contributed by atoms with Gasteiger partial charge >= 0.3 is 0 Å². The second-order valence-electron chi connectivity index (χ2n) is 5.57. The van der Waals surface area contributed by atoms with Crippen molar-refractivity contribution < 1.29 is 14.0 Å². The zero-order valence-electron chi connectivity index (χ0n) is 12.4. The van der Waals surface area contributed by atoms with Crippen molar-refractivity contribution in [2.45, 2.75) is 25.8 Å². The van der Waals surface area contributed by atoms with Crippen LogP contribution in [0.5, 0.6) is 0 Å². The topological polar surface area (TPSA) is 49.4 Å². The highest BCUT2D eigenvalue weighted by Gasteiger charge is 2.29. The van der Waals surface area contributed by atoms with Gasteiger partial charge in [-0.25, -0.2) is 4.39 Å². The summed E-state index contributed by atoms with van der Waals surface area (Å²) in [5.74, 6) is -0.00523. The Kier molecular flexibility index (Phi) is 6.36. The first-order chi connectivity index (χ1) is 10.6. The molecule has 6 heteroatoms. The molecule has 2 amide bonds. The zero-order valence-corrected chi connectivity index (χ0v) is 13.9. The minimum absolute atomic E-state index is 0.0314. The van der Waals surface area contributed by atoms with E-state index in [0.717, 1.165) is 17.3 Å². The smallest absolute Gasteiger partial charge is 0.223 e. The maximum atomic E-state index is 12.9. The molecule has 1 N–H and O–H groups in total. The minimum atomic E-state index is -0.277. The molecule has 0 spiro atoms. The predicted molar refractivity (Wildman–Crippen MR) is 86.0 cm³/mol. The van der Waals surface area contributed by atoms with E-state index in [9.17, 15) is 14.0 Å². The van der Waals surface area contributed by atoms with E-state index in [1.54, 1.807) is 17.0 Å². The number of alkyl halides is 1. The summed E-state index contributed by atoms with van der Waals surface area (Å²) in [6.07, 6.45) is 1.78. The van der Waals surface area contributed by atoms with Gasteiger partial charge in [0.05, 0.1) is 0 Å². The third-order valence-electron chi connectivity index (χ3n) is 3.71. The molecule has 120 valence electrons. The standard InChI is InChI=1S/C16H20BrFN2O2/c17-7-1-2-15(21)19-9-13-8-16(22)20(11-13)10-12-3-5-14(18)6-4-12/h3-6,13H,1-2,7-11H2,(H,19,21). The van der Waals surface area contributed by atoms with Gasteiger partial charge in [-0.1, -0.05) is 28.1 Å². The summed E-state index contributed by atoms with van der Waals surface area (Å²) >= 11 is 3.29. The summed E-state index contributed by atoms with van der Waals surface area (Å²) in [6, 6.07) is 6.19. The van der Waals surface area contributed by atoms with Crippen molar-refractivity contribution in [3.8, 4) is 0 Å². The number of amides is 2. The number of hydrogen-bond acceptors (Lipinski definition) is 2. The summed E-state index contributed by atoms with van der Waals surface area (Å²) in [4.78, 5) is 25.4. The minimum Gasteiger partial charge on any atom is -0.356 e. The summed E-state index contributed by atoms with van der Waals surface area (Å²) in [6.45, 7) is 1.66. The first-order valence-corrected chi connectivity index (χ1v) is 8.55. The number of benzene rings is 1. The number of carbonyl (C=O) groups is 2. The van der Waals surface area contributed by atoms with Crippen molar-refractivity contribution in [1.29, 1.82) is 0 Å². The number of halogens is 2. The van der Waals surface area contributed by atoms with Crippen molar-refractivity contribution in [2.24, 2.45) is 5.92 Å². The molecular formula is C16H20BrFN2O2. The Morgan fingerprint density at radius 3 is 2.77 bits per heavy atom. The molecule has 0 aliphatic carbocycles. The van der Waals surface area contributed by atoms with Gasteiger partial charge in [0.15, 0.2) is 0 Å². The SMILES string of the molecule is O=C(CCCBr)NCC1CC(=O)N(Cc2ccc(F)cc2)C1. The molecule has 1 aliphatic heterocycles. The fourth-order valence-electron chi connectivity index (χ4n) is 2.53. The van der Waals surface area contributed by atoms with Crippen LogP contribution in [0.25, 0.3) is 0 Å². The van der Waals surface area contributed by atoms with E-state index in [1.807, 2.05) is 0 Å². The lowest BCUT2D eigenvalue weighted by Gasteiger charge is -2.17. The number of nitrogens with zero attached hydrogens (tertiary/aromatic N) is 1. The second kappa shape index (κ2) is 8.27. The molecule has 1 unspecified atom stereocenters. The molecule has 1 saturated heterocycles. The largest absolute Gasteiger partial charge is 0.356 e. The average Bonchev–Trinajstić information content (AvgIpc) is 2.85. The summed E-state index contributed by atoms with van der Waals surface area (Å²) in [7, 11) is 0. The van der Waals surface area contributed by atoms with E-state index in [0.29, 0.717) is 32.5 Å². The van der Waals surface area contributed by atoms with Crippen LogP contribution in [0.4, 0.5) is 4.39 Å². The van der Waals surface area contributed by atoms with E-state index in [4.69, 9.17) is 0 Å². The number of likely N-dealkylation sites (tertiary alicyclic amines) is 1. The van der Waals surface area contributed by atoms with Crippen LogP contribution in [-0.4, -0.2) is 35.1 Å². The van der Waals surface area contributed by atoms with Gasteiger partial charge in [-0.3, -0.25) is 9.59 Å². The van der Waals surface area contributed by atoms with Crippen LogP contribution in [0.1, 0.15) is 24.8 Å². The molecule has 0 radical (unpaired) electrons. The van der Waals surface area contributed by atoms with E-state index < -0.39 is 0 Å². The molecule has 1 heterocycles. The van der Waals surface area contributed by atoms with Crippen LogP contribution in [-0.2, 0) is 16.1 Å². The highest BCUT2D eigenvalue weighted by Crippen LogP contribution is 2.19. The maximum Gasteiger partial charge on any atom is 0.223 e. The quantitative estimate of drug-likeness (QED) is 0.749. The zero-order chi connectivity index (χ0) is 15.9. The van der Waals surface area contributed by atoms with Gasteiger partial charge < -0.3 is 10.2 Å². The highest BCUT2D eigenvalue weighted by atomic mass is 79.9. The van der Waals surface area contributed by atoms with Gasteiger partial charge in [0.1, 0.15) is 5.82 Å². The predicted octanol–water partition coefficient (Wildman–Crippen LogP) is 2.47. The molecule has 4 nitrogen and oxygen atoms in total. The van der Waals surface area contributed by atoms with Crippen LogP contribution in [0.3, 0.4) is 0 Å². The Morgan fingerprint density at radius 2 is 2.09 bits per heavy atom. The van der Waals surface area contributed by atoms with Crippen LogP contribution >= 0.6 is 15.9 Å². The second-order valence-corrected chi connectivity index (χ2v) is 6.36.